The van der Waals surface area contributed by atoms with Crippen molar-refractivity contribution in [3.63, 3.8) is 0 Å². The van der Waals surface area contributed by atoms with E-state index in [2.05, 4.69) is 0 Å². The Labute approximate surface area is 125 Å². The van der Waals surface area contributed by atoms with Crippen molar-refractivity contribution in [1.29, 1.82) is 0 Å². The van der Waals surface area contributed by atoms with Gasteiger partial charge in [0.15, 0.2) is 0 Å². The molecule has 21 heavy (non-hydrogen) atoms. The van der Waals surface area contributed by atoms with Gasteiger partial charge in [0.1, 0.15) is 6.04 Å². The summed E-state index contributed by atoms with van der Waals surface area (Å²) in [5.41, 5.74) is -1.76. The number of carboxylic acid groups (broad SMARTS) is 2. The van der Waals surface area contributed by atoms with Crippen LogP contribution < -0.4 is 0 Å². The van der Waals surface area contributed by atoms with Crippen molar-refractivity contribution >= 4 is 18.1 Å². The average Bonchev–Trinajstić information content (AvgIpc) is 2.19. The van der Waals surface area contributed by atoms with E-state index in [0.29, 0.717) is 4.90 Å². The summed E-state index contributed by atoms with van der Waals surface area (Å²) in [6, 6.07) is -1.04. The van der Waals surface area contributed by atoms with Crippen LogP contribution in [0.3, 0.4) is 0 Å². The number of carbonyl (C=O) groups is 3. The molecule has 7 heteroatoms. The molecule has 122 valence electrons. The van der Waals surface area contributed by atoms with E-state index in [-0.39, 0.29) is 6.42 Å². The van der Waals surface area contributed by atoms with E-state index in [9.17, 15) is 24.6 Å². The fourth-order valence-corrected chi connectivity index (χ4v) is 2.22. The fraction of sp³-hybridized carbons (Fsp3) is 0.786. The maximum absolute atomic E-state index is 12.6. The Morgan fingerprint density at radius 2 is 1.33 bits per heavy atom. The fourth-order valence-electron chi connectivity index (χ4n) is 2.22. The minimum atomic E-state index is -1.38. The lowest BCUT2D eigenvalue weighted by Crippen LogP contribution is -2.61. The number of nitrogens with zero attached hydrogens (tertiary/aromatic N) is 2. The quantitative estimate of drug-likeness (QED) is 0.835. The maximum atomic E-state index is 12.6. The maximum Gasteiger partial charge on any atom is 0.414 e. The molecular weight excluding hydrogens is 276 g/mol. The van der Waals surface area contributed by atoms with Gasteiger partial charge in [0.2, 0.25) is 0 Å². The Balaban J connectivity index is 5.77. The van der Waals surface area contributed by atoms with Crippen molar-refractivity contribution in [1.82, 2.24) is 9.80 Å². The molecule has 0 fully saturated rings. The van der Waals surface area contributed by atoms with Crippen molar-refractivity contribution in [3.8, 4) is 0 Å². The van der Waals surface area contributed by atoms with Gasteiger partial charge in [-0.15, -0.1) is 0 Å². The van der Waals surface area contributed by atoms with E-state index in [4.69, 9.17) is 0 Å². The largest absolute Gasteiger partial charge is 0.465 e. The highest BCUT2D eigenvalue weighted by molar-refractivity contribution is 5.96. The number of rotatable bonds is 3. The Morgan fingerprint density at radius 3 is 1.52 bits per heavy atom. The Bertz CT molecular complexity index is 420. The van der Waals surface area contributed by atoms with E-state index in [1.807, 2.05) is 0 Å². The molecule has 0 saturated carbocycles. The highest BCUT2D eigenvalue weighted by Gasteiger charge is 2.43. The minimum Gasteiger partial charge on any atom is -0.465 e. The monoisotopic (exact) mass is 302 g/mol. The van der Waals surface area contributed by atoms with Gasteiger partial charge in [0.05, 0.1) is 0 Å². The molecule has 1 unspecified atom stereocenters. The molecule has 0 rings (SSSR count). The summed E-state index contributed by atoms with van der Waals surface area (Å²) in [5, 5.41) is 18.7. The zero-order valence-corrected chi connectivity index (χ0v) is 13.8. The first kappa shape index (κ1) is 19.2. The van der Waals surface area contributed by atoms with Crippen LogP contribution in [0.25, 0.3) is 0 Å². The molecule has 0 saturated heterocycles. The number of imide groups is 1. The second kappa shape index (κ2) is 6.32. The van der Waals surface area contributed by atoms with E-state index in [0.717, 1.165) is 4.90 Å². The molecule has 0 radical (unpaired) electrons. The zero-order valence-electron chi connectivity index (χ0n) is 13.8. The molecule has 0 aliphatic rings. The predicted molar refractivity (Wildman–Crippen MR) is 78.3 cm³/mol. The van der Waals surface area contributed by atoms with Gasteiger partial charge in [-0.1, -0.05) is 6.92 Å². The molecule has 0 aromatic rings. The molecule has 3 amide bonds. The first-order valence-corrected chi connectivity index (χ1v) is 6.84. The molecule has 7 nitrogen and oxygen atoms in total. The lowest BCUT2D eigenvalue weighted by atomic mass is 9.99. The van der Waals surface area contributed by atoms with Gasteiger partial charge < -0.3 is 10.2 Å². The standard InChI is InChI=1S/C14H26N2O5/c1-8-9(15(11(18)19)13(2,3)4)10(17)16(12(20)21)14(5,6)7/h9H,8H2,1-7H3,(H,18,19)(H,20,21). The Hall–Kier alpha value is -1.79. The summed E-state index contributed by atoms with van der Waals surface area (Å²) < 4.78 is 0. The summed E-state index contributed by atoms with van der Waals surface area (Å²) in [5.74, 6) is -0.727. The highest BCUT2D eigenvalue weighted by Crippen LogP contribution is 2.24. The van der Waals surface area contributed by atoms with Crippen molar-refractivity contribution in [2.75, 3.05) is 0 Å². The van der Waals surface area contributed by atoms with Crippen molar-refractivity contribution < 1.29 is 24.6 Å². The minimum absolute atomic E-state index is 0.197. The van der Waals surface area contributed by atoms with Crippen LogP contribution in [0.15, 0.2) is 0 Å². The molecule has 0 aliphatic carbocycles. The van der Waals surface area contributed by atoms with Crippen molar-refractivity contribution in [2.24, 2.45) is 0 Å². The van der Waals surface area contributed by atoms with E-state index >= 15 is 0 Å². The average molecular weight is 302 g/mol. The number of hydrogen-bond acceptors (Lipinski definition) is 3. The van der Waals surface area contributed by atoms with Gasteiger partial charge in [0, 0.05) is 11.1 Å². The highest BCUT2D eigenvalue weighted by atomic mass is 16.4. The molecule has 0 aromatic heterocycles. The van der Waals surface area contributed by atoms with Crippen LogP contribution in [0.2, 0.25) is 0 Å². The van der Waals surface area contributed by atoms with E-state index in [1.54, 1.807) is 48.5 Å². The molecule has 0 spiro atoms. The number of carbonyl (C=O) groups excluding carboxylic acids is 1. The molecule has 2 N–H and O–H groups in total. The number of hydrogen-bond donors (Lipinski definition) is 2. The Morgan fingerprint density at radius 1 is 0.905 bits per heavy atom. The first-order valence-electron chi connectivity index (χ1n) is 6.84. The molecule has 0 heterocycles. The lowest BCUT2D eigenvalue weighted by Gasteiger charge is -2.41. The topological polar surface area (TPSA) is 98.2 Å². The summed E-state index contributed by atoms with van der Waals surface area (Å²) in [7, 11) is 0. The van der Waals surface area contributed by atoms with Crippen LogP contribution in [0.4, 0.5) is 9.59 Å². The van der Waals surface area contributed by atoms with Crippen LogP contribution in [-0.2, 0) is 4.79 Å². The van der Waals surface area contributed by atoms with Gasteiger partial charge >= 0.3 is 12.2 Å². The second-order valence-electron chi connectivity index (χ2n) is 6.87. The molecule has 0 aliphatic heterocycles. The van der Waals surface area contributed by atoms with Gasteiger partial charge in [-0.3, -0.25) is 9.69 Å². The van der Waals surface area contributed by atoms with Crippen LogP contribution in [0, 0.1) is 0 Å². The third kappa shape index (κ3) is 4.61. The number of amides is 3. The van der Waals surface area contributed by atoms with Gasteiger partial charge in [-0.05, 0) is 48.0 Å². The van der Waals surface area contributed by atoms with Gasteiger partial charge in [-0.2, -0.15) is 0 Å². The normalized spacial score (nSPS) is 13.5. The predicted octanol–water partition coefficient (Wildman–Crippen LogP) is 2.85. The van der Waals surface area contributed by atoms with Crippen molar-refractivity contribution in [3.05, 3.63) is 0 Å². The van der Waals surface area contributed by atoms with Crippen LogP contribution in [0.1, 0.15) is 54.9 Å². The zero-order chi connectivity index (χ0) is 17.2. The summed E-state index contributed by atoms with van der Waals surface area (Å²) >= 11 is 0. The third-order valence-electron chi connectivity index (χ3n) is 2.99. The molecule has 1 atom stereocenters. The van der Waals surface area contributed by atoms with Crippen LogP contribution >= 0.6 is 0 Å². The van der Waals surface area contributed by atoms with Crippen LogP contribution in [0.5, 0.6) is 0 Å². The van der Waals surface area contributed by atoms with E-state index in [1.165, 1.54) is 0 Å². The first-order chi connectivity index (χ1) is 9.25. The van der Waals surface area contributed by atoms with Gasteiger partial charge in [-0.25, -0.2) is 14.5 Å². The molecule has 0 bridgehead atoms. The second-order valence-corrected chi connectivity index (χ2v) is 6.87. The van der Waals surface area contributed by atoms with Crippen molar-refractivity contribution in [2.45, 2.75) is 72.0 Å². The molecule has 0 aromatic carbocycles. The Kier molecular flexibility index (Phi) is 5.78. The van der Waals surface area contributed by atoms with Crippen LogP contribution in [-0.4, -0.2) is 55.2 Å². The summed E-state index contributed by atoms with van der Waals surface area (Å²) in [6.07, 6.45) is -2.44. The molecular formula is C14H26N2O5. The third-order valence-corrected chi connectivity index (χ3v) is 2.99. The van der Waals surface area contributed by atoms with E-state index < -0.39 is 35.2 Å². The SMILES string of the molecule is CCC(C(=O)N(C(=O)O)C(C)(C)C)N(C(=O)O)C(C)(C)C. The van der Waals surface area contributed by atoms with Gasteiger partial charge in [0.25, 0.3) is 5.91 Å². The smallest absolute Gasteiger partial charge is 0.414 e. The summed E-state index contributed by atoms with van der Waals surface area (Å²) in [6.45, 7) is 11.4. The lowest BCUT2D eigenvalue weighted by molar-refractivity contribution is -0.140. The summed E-state index contributed by atoms with van der Waals surface area (Å²) in [4.78, 5) is 37.2.